The number of carbonyl (C=O) groups excluding carboxylic acids is 1. The van der Waals surface area contributed by atoms with Gasteiger partial charge in [-0.1, -0.05) is 0 Å². The van der Waals surface area contributed by atoms with Crippen LogP contribution in [0.3, 0.4) is 0 Å². The SMILES string of the molecule is Cc1c(CC(=O)NN)c(=O)oc2cc(N)c(S(=O)(=O)[O-])cc12.[K+]. The van der Waals surface area contributed by atoms with Crippen molar-refractivity contribution in [3.8, 4) is 0 Å². The van der Waals surface area contributed by atoms with Crippen LogP contribution in [0.5, 0.6) is 0 Å². The molecular weight excluding hydrogens is 353 g/mol. The zero-order chi connectivity index (χ0) is 16.7. The van der Waals surface area contributed by atoms with Crippen LogP contribution in [0.2, 0.25) is 0 Å². The smallest absolute Gasteiger partial charge is 0.744 e. The quantitative estimate of drug-likeness (QED) is 0.0943. The third-order valence-corrected chi connectivity index (χ3v) is 4.08. The first-order valence-electron chi connectivity index (χ1n) is 5.96. The number of nitrogens with one attached hydrogen (secondary N) is 1. The summed E-state index contributed by atoms with van der Waals surface area (Å²) in [6.45, 7) is 1.50. The second-order valence-corrected chi connectivity index (χ2v) is 5.93. The number of aryl methyl sites for hydroxylation is 1. The van der Waals surface area contributed by atoms with Crippen molar-refractivity contribution in [1.29, 1.82) is 0 Å². The molecule has 0 aliphatic rings. The van der Waals surface area contributed by atoms with Crippen molar-refractivity contribution in [1.82, 2.24) is 5.43 Å². The van der Waals surface area contributed by atoms with E-state index in [-0.39, 0.29) is 80.0 Å². The number of fused-ring (bicyclic) bond motifs is 1. The molecule has 23 heavy (non-hydrogen) atoms. The van der Waals surface area contributed by atoms with E-state index >= 15 is 0 Å². The van der Waals surface area contributed by atoms with E-state index in [1.807, 2.05) is 5.43 Å². The Hall–Kier alpha value is -0.794. The number of nitrogen functional groups attached to an aromatic ring is 1. The molecule has 0 radical (unpaired) electrons. The summed E-state index contributed by atoms with van der Waals surface area (Å²) in [5.41, 5.74) is 6.60. The van der Waals surface area contributed by atoms with Gasteiger partial charge in [-0.25, -0.2) is 19.1 Å². The van der Waals surface area contributed by atoms with Crippen LogP contribution in [0.4, 0.5) is 5.69 Å². The zero-order valence-electron chi connectivity index (χ0n) is 12.4. The summed E-state index contributed by atoms with van der Waals surface area (Å²) in [7, 11) is -4.79. The molecule has 0 unspecified atom stereocenters. The molecule has 11 heteroatoms. The van der Waals surface area contributed by atoms with E-state index in [9.17, 15) is 22.6 Å². The van der Waals surface area contributed by atoms with E-state index in [0.717, 1.165) is 12.1 Å². The Kier molecular flexibility index (Phi) is 6.52. The Bertz CT molecular complexity index is 938. The van der Waals surface area contributed by atoms with E-state index in [0.29, 0.717) is 5.56 Å². The van der Waals surface area contributed by atoms with Gasteiger partial charge in [-0.05, 0) is 18.6 Å². The van der Waals surface area contributed by atoms with Crippen molar-refractivity contribution in [3.05, 3.63) is 33.7 Å². The molecule has 0 atom stereocenters. The fraction of sp³-hybridized carbons (Fsp3) is 0.167. The molecule has 9 nitrogen and oxygen atoms in total. The summed E-state index contributed by atoms with van der Waals surface area (Å²) in [6.07, 6.45) is -0.343. The number of hydrazine groups is 1. The van der Waals surface area contributed by atoms with Gasteiger partial charge in [-0.3, -0.25) is 10.2 Å². The molecule has 2 rings (SSSR count). The van der Waals surface area contributed by atoms with Crippen LogP contribution < -0.4 is 74.0 Å². The van der Waals surface area contributed by atoms with Crippen molar-refractivity contribution in [3.63, 3.8) is 0 Å². The number of anilines is 1. The van der Waals surface area contributed by atoms with Gasteiger partial charge in [0, 0.05) is 11.5 Å². The van der Waals surface area contributed by atoms with Crippen LogP contribution in [0.25, 0.3) is 11.0 Å². The first kappa shape index (κ1) is 20.3. The summed E-state index contributed by atoms with van der Waals surface area (Å²) in [4.78, 5) is 22.6. The minimum absolute atomic E-state index is 0. The number of nitrogens with two attached hydrogens (primary N) is 2. The average molecular weight is 365 g/mol. The Morgan fingerprint density at radius 2 is 2.00 bits per heavy atom. The fourth-order valence-corrected chi connectivity index (χ4v) is 2.67. The minimum atomic E-state index is -4.79. The topological polar surface area (TPSA) is 169 Å². The van der Waals surface area contributed by atoms with Crippen LogP contribution in [0.1, 0.15) is 11.1 Å². The summed E-state index contributed by atoms with van der Waals surface area (Å²) in [5, 5.41) is 0.197. The molecule has 0 bridgehead atoms. The summed E-state index contributed by atoms with van der Waals surface area (Å²) in [5.74, 6) is 4.34. The molecule has 0 saturated heterocycles. The van der Waals surface area contributed by atoms with E-state index in [2.05, 4.69) is 0 Å². The van der Waals surface area contributed by atoms with Gasteiger partial charge < -0.3 is 14.7 Å². The molecule has 118 valence electrons. The molecule has 0 fully saturated rings. The van der Waals surface area contributed by atoms with E-state index in [4.69, 9.17) is 16.0 Å². The maximum Gasteiger partial charge on any atom is 1.00 e. The Labute approximate surface area is 173 Å². The third kappa shape index (κ3) is 4.19. The van der Waals surface area contributed by atoms with Gasteiger partial charge in [0.15, 0.2) is 0 Å². The molecule has 2 aromatic rings. The van der Waals surface area contributed by atoms with Crippen molar-refractivity contribution < 1.29 is 73.6 Å². The minimum Gasteiger partial charge on any atom is -0.744 e. The maximum absolute atomic E-state index is 11.9. The molecule has 1 amide bonds. The number of benzene rings is 1. The van der Waals surface area contributed by atoms with Gasteiger partial charge in [0.2, 0.25) is 5.91 Å². The predicted molar refractivity (Wildman–Crippen MR) is 75.6 cm³/mol. The van der Waals surface area contributed by atoms with Crippen LogP contribution in [-0.4, -0.2) is 18.9 Å². The Morgan fingerprint density at radius 1 is 1.39 bits per heavy atom. The number of carbonyl (C=O) groups is 1. The third-order valence-electron chi connectivity index (χ3n) is 3.19. The molecule has 1 aromatic carbocycles. The molecule has 1 heterocycles. The van der Waals surface area contributed by atoms with Gasteiger partial charge in [0.1, 0.15) is 15.7 Å². The van der Waals surface area contributed by atoms with Gasteiger partial charge in [0.25, 0.3) is 0 Å². The Morgan fingerprint density at radius 3 is 2.52 bits per heavy atom. The molecule has 1 aromatic heterocycles. The summed E-state index contributed by atoms with van der Waals surface area (Å²) < 4.78 is 38.5. The molecule has 0 aliphatic heterocycles. The maximum atomic E-state index is 11.9. The van der Waals surface area contributed by atoms with Gasteiger partial charge >= 0.3 is 57.0 Å². The van der Waals surface area contributed by atoms with E-state index in [1.165, 1.54) is 6.92 Å². The van der Waals surface area contributed by atoms with Crippen LogP contribution >= 0.6 is 0 Å². The number of hydrogen-bond acceptors (Lipinski definition) is 8. The van der Waals surface area contributed by atoms with E-state index in [1.54, 1.807) is 0 Å². The predicted octanol–water partition coefficient (Wildman–Crippen LogP) is -3.88. The Balaban J connectivity index is 0.00000264. The molecule has 5 N–H and O–H groups in total. The molecule has 0 spiro atoms. The van der Waals surface area contributed by atoms with Gasteiger partial charge in [0.05, 0.1) is 22.6 Å². The van der Waals surface area contributed by atoms with Crippen LogP contribution in [0, 0.1) is 6.92 Å². The summed E-state index contributed by atoms with van der Waals surface area (Å²) in [6, 6.07) is 2.11. The average Bonchev–Trinajstić information content (AvgIpc) is 2.41. The van der Waals surface area contributed by atoms with Crippen LogP contribution in [0.15, 0.2) is 26.2 Å². The second kappa shape index (κ2) is 7.40. The number of amides is 1. The molecular formula is C12H12KN3O6S. The van der Waals surface area contributed by atoms with Crippen molar-refractivity contribution >= 4 is 32.7 Å². The standard InChI is InChI=1S/C12H13N3O6S.K/c1-5-6-2-10(22(18,19)20)8(13)4-9(6)21-12(17)7(5)3-11(16)15-14;/h2,4H,3,13-14H2,1H3,(H,15,16)(H,18,19,20);/q;+1/p-1. The molecule has 0 aliphatic carbocycles. The number of hydrogen-bond donors (Lipinski definition) is 3. The van der Waals surface area contributed by atoms with Crippen molar-refractivity contribution in [2.75, 3.05) is 5.73 Å². The zero-order valence-corrected chi connectivity index (χ0v) is 16.3. The fourth-order valence-electron chi connectivity index (χ4n) is 2.06. The first-order chi connectivity index (χ1) is 10.1. The second-order valence-electron chi connectivity index (χ2n) is 4.58. The first-order valence-corrected chi connectivity index (χ1v) is 7.37. The van der Waals surface area contributed by atoms with Gasteiger partial charge in [-0.2, -0.15) is 0 Å². The molecule has 0 saturated carbocycles. The van der Waals surface area contributed by atoms with Crippen molar-refractivity contribution in [2.45, 2.75) is 18.2 Å². The monoisotopic (exact) mass is 365 g/mol. The normalized spacial score (nSPS) is 11.1. The van der Waals surface area contributed by atoms with Crippen LogP contribution in [-0.2, 0) is 21.3 Å². The van der Waals surface area contributed by atoms with Gasteiger partial charge in [-0.15, -0.1) is 0 Å². The van der Waals surface area contributed by atoms with E-state index < -0.39 is 26.5 Å². The largest absolute Gasteiger partial charge is 1.00 e. The van der Waals surface area contributed by atoms with Crippen molar-refractivity contribution in [2.24, 2.45) is 5.84 Å². The summed E-state index contributed by atoms with van der Waals surface area (Å²) >= 11 is 0. The number of rotatable bonds is 3.